The molecule has 2 aliphatic rings. The lowest BCUT2D eigenvalue weighted by molar-refractivity contribution is -0.132. The molecule has 2 aromatic carbocycles. The van der Waals surface area contributed by atoms with Gasteiger partial charge in [-0.05, 0) is 30.3 Å². The van der Waals surface area contributed by atoms with Gasteiger partial charge in [0.25, 0.3) is 5.91 Å². The van der Waals surface area contributed by atoms with E-state index in [1.54, 1.807) is 31.9 Å². The van der Waals surface area contributed by atoms with Crippen molar-refractivity contribution in [2.24, 2.45) is 0 Å². The Morgan fingerprint density at radius 3 is 2.39 bits per heavy atom. The predicted molar refractivity (Wildman–Crippen MR) is 136 cm³/mol. The fourth-order valence-corrected chi connectivity index (χ4v) is 6.03. The third-order valence-corrected chi connectivity index (χ3v) is 8.61. The summed E-state index contributed by atoms with van der Waals surface area (Å²) in [5, 5.41) is 0. The first kappa shape index (κ1) is 25.8. The number of benzene rings is 2. The van der Waals surface area contributed by atoms with Crippen LogP contribution in [-0.2, 0) is 19.6 Å². The van der Waals surface area contributed by atoms with Crippen molar-refractivity contribution >= 4 is 33.2 Å². The highest BCUT2D eigenvalue weighted by molar-refractivity contribution is 7.89. The summed E-state index contributed by atoms with van der Waals surface area (Å²) in [4.78, 5) is 31.2. The first-order chi connectivity index (χ1) is 17.3. The maximum atomic E-state index is 13.2. The van der Waals surface area contributed by atoms with Crippen LogP contribution in [0.2, 0.25) is 0 Å². The van der Waals surface area contributed by atoms with E-state index in [0.29, 0.717) is 50.7 Å². The van der Waals surface area contributed by atoms with Crippen molar-refractivity contribution < 1.29 is 27.5 Å². The van der Waals surface area contributed by atoms with Gasteiger partial charge in [0.05, 0.1) is 23.4 Å². The second-order valence-corrected chi connectivity index (χ2v) is 10.5. The van der Waals surface area contributed by atoms with Gasteiger partial charge in [0, 0.05) is 39.3 Å². The number of amides is 2. The van der Waals surface area contributed by atoms with Crippen LogP contribution in [0.1, 0.15) is 13.8 Å². The number of nitrogens with zero attached hydrogens (tertiary/aromatic N) is 4. The number of anilines is 2. The van der Waals surface area contributed by atoms with E-state index >= 15 is 0 Å². The van der Waals surface area contributed by atoms with Crippen LogP contribution in [0.3, 0.4) is 0 Å². The number of hydrogen-bond acceptors (Lipinski definition) is 7. The van der Waals surface area contributed by atoms with Crippen LogP contribution in [0.25, 0.3) is 0 Å². The second-order valence-electron chi connectivity index (χ2n) is 8.53. The van der Waals surface area contributed by atoms with Crippen molar-refractivity contribution in [2.75, 3.05) is 69.3 Å². The van der Waals surface area contributed by atoms with Gasteiger partial charge in [-0.15, -0.1) is 0 Å². The van der Waals surface area contributed by atoms with Crippen molar-refractivity contribution in [1.29, 1.82) is 0 Å². The van der Waals surface area contributed by atoms with E-state index in [2.05, 4.69) is 4.90 Å². The maximum Gasteiger partial charge on any atom is 0.265 e. The molecule has 2 aliphatic heterocycles. The van der Waals surface area contributed by atoms with Gasteiger partial charge in [-0.2, -0.15) is 4.31 Å². The van der Waals surface area contributed by atoms with Crippen LogP contribution in [0.15, 0.2) is 47.4 Å². The minimum absolute atomic E-state index is 0.0612. The second kappa shape index (κ2) is 10.8. The number of rotatable bonds is 8. The summed E-state index contributed by atoms with van der Waals surface area (Å²) in [5.74, 6) is 0.568. The number of piperazine rings is 1. The first-order valence-corrected chi connectivity index (χ1v) is 13.5. The van der Waals surface area contributed by atoms with Gasteiger partial charge in [-0.1, -0.05) is 26.0 Å². The largest absolute Gasteiger partial charge is 0.495 e. The molecule has 1 saturated heterocycles. The fourth-order valence-electron chi connectivity index (χ4n) is 4.55. The molecule has 36 heavy (non-hydrogen) atoms. The van der Waals surface area contributed by atoms with E-state index in [1.807, 2.05) is 24.3 Å². The molecular weight excluding hydrogens is 484 g/mol. The normalized spacial score (nSPS) is 16.1. The highest BCUT2D eigenvalue weighted by atomic mass is 32.2. The molecule has 0 atom stereocenters. The molecule has 0 saturated carbocycles. The lowest BCUT2D eigenvalue weighted by Crippen LogP contribution is -2.53. The van der Waals surface area contributed by atoms with Gasteiger partial charge >= 0.3 is 0 Å². The van der Waals surface area contributed by atoms with Gasteiger partial charge in [0.15, 0.2) is 6.61 Å². The number of ether oxygens (including phenoxy) is 2. The molecule has 0 aliphatic carbocycles. The summed E-state index contributed by atoms with van der Waals surface area (Å²) >= 11 is 0. The molecule has 10 nitrogen and oxygen atoms in total. The summed E-state index contributed by atoms with van der Waals surface area (Å²) < 4.78 is 38.4. The Balaban J connectivity index is 1.49. The zero-order chi connectivity index (χ0) is 25.9. The fraction of sp³-hybridized carbons (Fsp3) is 0.440. The third-order valence-electron chi connectivity index (χ3n) is 6.57. The van der Waals surface area contributed by atoms with Crippen LogP contribution in [-0.4, -0.2) is 89.0 Å². The number of para-hydroxylation sites is 2. The molecule has 194 valence electrons. The Hall–Kier alpha value is -3.31. The van der Waals surface area contributed by atoms with E-state index in [4.69, 9.17) is 9.47 Å². The lowest BCUT2D eigenvalue weighted by Gasteiger charge is -2.38. The Morgan fingerprint density at radius 2 is 1.72 bits per heavy atom. The van der Waals surface area contributed by atoms with Crippen molar-refractivity contribution in [3.05, 3.63) is 42.5 Å². The van der Waals surface area contributed by atoms with Crippen LogP contribution in [0.4, 0.5) is 11.4 Å². The minimum Gasteiger partial charge on any atom is -0.495 e. The van der Waals surface area contributed by atoms with Crippen molar-refractivity contribution in [2.45, 2.75) is 18.7 Å². The number of fused-ring (bicyclic) bond motifs is 1. The van der Waals surface area contributed by atoms with E-state index in [9.17, 15) is 18.0 Å². The van der Waals surface area contributed by atoms with Crippen molar-refractivity contribution in [3.63, 3.8) is 0 Å². The Morgan fingerprint density at radius 1 is 1.03 bits per heavy atom. The predicted octanol–water partition coefficient (Wildman–Crippen LogP) is 1.80. The van der Waals surface area contributed by atoms with E-state index in [0.717, 1.165) is 11.4 Å². The topological polar surface area (TPSA) is 99.7 Å². The molecular formula is C25H32N4O6S. The SMILES string of the molecule is CCN(CC)S(=O)(=O)c1ccc2c(c1)N(CC(=O)N1CCN(c3ccccc3OC)CC1)C(=O)CO2. The summed E-state index contributed by atoms with van der Waals surface area (Å²) in [6.07, 6.45) is 0. The van der Waals surface area contributed by atoms with Crippen LogP contribution < -0.4 is 19.3 Å². The monoisotopic (exact) mass is 516 g/mol. The molecule has 2 aromatic rings. The highest BCUT2D eigenvalue weighted by Gasteiger charge is 2.32. The summed E-state index contributed by atoms with van der Waals surface area (Å²) in [6, 6.07) is 12.2. The Kier molecular flexibility index (Phi) is 7.70. The van der Waals surface area contributed by atoms with Crippen LogP contribution in [0, 0.1) is 0 Å². The van der Waals surface area contributed by atoms with Gasteiger partial charge in [-0.3, -0.25) is 14.5 Å². The number of carbonyl (C=O) groups excluding carboxylic acids is 2. The molecule has 4 rings (SSSR count). The number of sulfonamides is 1. The smallest absolute Gasteiger partial charge is 0.265 e. The highest BCUT2D eigenvalue weighted by Crippen LogP contribution is 2.35. The summed E-state index contributed by atoms with van der Waals surface area (Å²) in [5.41, 5.74) is 1.27. The zero-order valence-electron chi connectivity index (χ0n) is 20.8. The molecule has 0 unspecified atom stereocenters. The number of carbonyl (C=O) groups is 2. The standard InChI is InChI=1S/C25H32N4O6S/c1-4-28(5-2)36(32,33)19-10-11-23-21(16-19)29(25(31)18-35-23)17-24(30)27-14-12-26(13-15-27)20-8-6-7-9-22(20)34-3/h6-11,16H,4-5,12-15,17-18H2,1-3H3. The Bertz CT molecular complexity index is 1220. The van der Waals surface area contributed by atoms with Crippen LogP contribution >= 0.6 is 0 Å². The average Bonchev–Trinajstić information content (AvgIpc) is 2.90. The van der Waals surface area contributed by atoms with Gasteiger partial charge in [0.2, 0.25) is 15.9 Å². The molecule has 1 fully saturated rings. The lowest BCUT2D eigenvalue weighted by atomic mass is 10.2. The minimum atomic E-state index is -3.73. The molecule has 0 aromatic heterocycles. The molecule has 2 amide bonds. The molecule has 0 bridgehead atoms. The van der Waals surface area contributed by atoms with Gasteiger partial charge < -0.3 is 19.3 Å². The van der Waals surface area contributed by atoms with Gasteiger partial charge in [0.1, 0.15) is 18.0 Å². The quantitative estimate of drug-likeness (QED) is 0.528. The molecule has 2 heterocycles. The third kappa shape index (κ3) is 4.98. The van der Waals surface area contributed by atoms with E-state index < -0.39 is 10.0 Å². The van der Waals surface area contributed by atoms with E-state index in [1.165, 1.54) is 21.3 Å². The summed E-state index contributed by atoms with van der Waals surface area (Å²) in [6.45, 7) is 6.07. The summed E-state index contributed by atoms with van der Waals surface area (Å²) in [7, 11) is -2.10. The zero-order valence-corrected chi connectivity index (χ0v) is 21.7. The van der Waals surface area contributed by atoms with Crippen molar-refractivity contribution in [1.82, 2.24) is 9.21 Å². The molecule has 0 N–H and O–H groups in total. The first-order valence-electron chi connectivity index (χ1n) is 12.0. The number of hydrogen-bond donors (Lipinski definition) is 0. The van der Waals surface area contributed by atoms with E-state index in [-0.39, 0.29) is 29.9 Å². The van der Waals surface area contributed by atoms with Crippen molar-refractivity contribution in [3.8, 4) is 11.5 Å². The van der Waals surface area contributed by atoms with Gasteiger partial charge in [-0.25, -0.2) is 8.42 Å². The average molecular weight is 517 g/mol. The molecule has 0 radical (unpaired) electrons. The molecule has 0 spiro atoms. The van der Waals surface area contributed by atoms with Crippen LogP contribution in [0.5, 0.6) is 11.5 Å². The Labute approximate surface area is 212 Å². The maximum absolute atomic E-state index is 13.2. The molecule has 11 heteroatoms. The number of methoxy groups -OCH3 is 1.